The maximum absolute atomic E-state index is 11.4. The van der Waals surface area contributed by atoms with Gasteiger partial charge in [-0.05, 0) is 36.8 Å². The molecule has 0 aliphatic carbocycles. The molecule has 0 saturated carbocycles. The summed E-state index contributed by atoms with van der Waals surface area (Å²) in [5.74, 6) is 0.951. The smallest absolute Gasteiger partial charge is 0.337 e. The topological polar surface area (TPSA) is 76.1 Å². The van der Waals surface area contributed by atoms with Gasteiger partial charge in [-0.1, -0.05) is 19.8 Å². The van der Waals surface area contributed by atoms with Gasteiger partial charge in [0.2, 0.25) is 5.95 Å². The van der Waals surface area contributed by atoms with E-state index in [9.17, 15) is 4.79 Å². The Morgan fingerprint density at radius 1 is 1.17 bits per heavy atom. The highest BCUT2D eigenvalue weighted by atomic mass is 16.5. The molecule has 0 bridgehead atoms. The van der Waals surface area contributed by atoms with Crippen molar-refractivity contribution >= 4 is 23.4 Å². The third-order valence-electron chi connectivity index (χ3n) is 3.30. The summed E-state index contributed by atoms with van der Waals surface area (Å²) in [6, 6.07) is 8.81. The summed E-state index contributed by atoms with van der Waals surface area (Å²) < 4.78 is 4.67. The number of aromatic nitrogens is 2. The molecule has 2 N–H and O–H groups in total. The summed E-state index contributed by atoms with van der Waals surface area (Å²) in [6.45, 7) is 3.08. The molecular weight excluding hydrogens is 292 g/mol. The van der Waals surface area contributed by atoms with Crippen LogP contribution in [-0.4, -0.2) is 29.6 Å². The van der Waals surface area contributed by atoms with Crippen LogP contribution in [-0.2, 0) is 4.74 Å². The van der Waals surface area contributed by atoms with Gasteiger partial charge in [0, 0.05) is 18.4 Å². The number of hydrogen-bond donors (Lipinski definition) is 2. The molecule has 6 nitrogen and oxygen atoms in total. The number of nitrogens with zero attached hydrogens (tertiary/aromatic N) is 2. The normalized spacial score (nSPS) is 10.2. The molecule has 0 fully saturated rings. The summed E-state index contributed by atoms with van der Waals surface area (Å²) in [5.41, 5.74) is 1.31. The molecule has 0 aliphatic heterocycles. The molecule has 2 aromatic rings. The molecule has 6 heteroatoms. The molecule has 1 aromatic heterocycles. The Bertz CT molecular complexity index is 629. The van der Waals surface area contributed by atoms with Crippen LogP contribution in [0.5, 0.6) is 0 Å². The van der Waals surface area contributed by atoms with E-state index in [2.05, 4.69) is 32.3 Å². The van der Waals surface area contributed by atoms with Crippen molar-refractivity contribution < 1.29 is 9.53 Å². The summed E-state index contributed by atoms with van der Waals surface area (Å²) >= 11 is 0. The minimum Gasteiger partial charge on any atom is -0.465 e. The third-order valence-corrected chi connectivity index (χ3v) is 3.30. The molecule has 0 aliphatic rings. The molecule has 0 saturated heterocycles. The Balaban J connectivity index is 1.95. The lowest BCUT2D eigenvalue weighted by Gasteiger charge is -2.08. The van der Waals surface area contributed by atoms with E-state index < -0.39 is 0 Å². The number of benzene rings is 1. The lowest BCUT2D eigenvalue weighted by Crippen LogP contribution is -2.05. The zero-order chi connectivity index (χ0) is 16.5. The van der Waals surface area contributed by atoms with Crippen molar-refractivity contribution in [1.82, 2.24) is 9.97 Å². The fourth-order valence-electron chi connectivity index (χ4n) is 2.05. The quantitative estimate of drug-likeness (QED) is 0.572. The predicted octanol–water partition coefficient (Wildman–Crippen LogP) is 3.61. The average molecular weight is 314 g/mol. The molecule has 1 aromatic carbocycles. The van der Waals surface area contributed by atoms with Crippen LogP contribution in [0.4, 0.5) is 17.5 Å². The van der Waals surface area contributed by atoms with Gasteiger partial charge in [0.1, 0.15) is 5.82 Å². The van der Waals surface area contributed by atoms with Gasteiger partial charge in [-0.15, -0.1) is 0 Å². The Kier molecular flexibility index (Phi) is 6.35. The van der Waals surface area contributed by atoms with E-state index >= 15 is 0 Å². The molecule has 0 spiro atoms. The first-order valence-electron chi connectivity index (χ1n) is 7.75. The monoisotopic (exact) mass is 314 g/mol. The molecular formula is C17H22N4O2. The molecule has 1 heterocycles. The fourth-order valence-corrected chi connectivity index (χ4v) is 2.05. The van der Waals surface area contributed by atoms with Crippen LogP contribution in [0, 0.1) is 0 Å². The SMILES string of the molecule is CCCCCNc1ccnc(Nc2ccc(C(=O)OC)cc2)n1. The lowest BCUT2D eigenvalue weighted by atomic mass is 10.2. The largest absolute Gasteiger partial charge is 0.465 e. The second-order valence-corrected chi connectivity index (χ2v) is 5.09. The summed E-state index contributed by atoms with van der Waals surface area (Å²) in [5, 5.41) is 6.40. The zero-order valence-corrected chi connectivity index (χ0v) is 13.5. The van der Waals surface area contributed by atoms with Crippen LogP contribution in [0.25, 0.3) is 0 Å². The number of ether oxygens (including phenoxy) is 1. The maximum atomic E-state index is 11.4. The second-order valence-electron chi connectivity index (χ2n) is 5.09. The van der Waals surface area contributed by atoms with Crippen molar-refractivity contribution in [1.29, 1.82) is 0 Å². The first kappa shape index (κ1) is 16.7. The Morgan fingerprint density at radius 3 is 2.65 bits per heavy atom. The van der Waals surface area contributed by atoms with Gasteiger partial charge in [0.25, 0.3) is 0 Å². The minimum atomic E-state index is -0.355. The molecule has 0 atom stereocenters. The van der Waals surface area contributed by atoms with Crippen LogP contribution in [0.3, 0.4) is 0 Å². The van der Waals surface area contributed by atoms with E-state index in [1.807, 2.05) is 6.07 Å². The molecule has 122 valence electrons. The first-order chi connectivity index (χ1) is 11.2. The van der Waals surface area contributed by atoms with Gasteiger partial charge in [-0.2, -0.15) is 4.98 Å². The Morgan fingerprint density at radius 2 is 1.96 bits per heavy atom. The van der Waals surface area contributed by atoms with Crippen molar-refractivity contribution in [2.24, 2.45) is 0 Å². The zero-order valence-electron chi connectivity index (χ0n) is 13.5. The average Bonchev–Trinajstić information content (AvgIpc) is 2.59. The van der Waals surface area contributed by atoms with E-state index in [-0.39, 0.29) is 5.97 Å². The maximum Gasteiger partial charge on any atom is 0.337 e. The van der Waals surface area contributed by atoms with E-state index in [1.54, 1.807) is 30.5 Å². The van der Waals surface area contributed by atoms with Gasteiger partial charge in [-0.3, -0.25) is 0 Å². The Labute approximate surface area is 136 Å². The summed E-state index contributed by atoms with van der Waals surface area (Å²) in [7, 11) is 1.36. The summed E-state index contributed by atoms with van der Waals surface area (Å²) in [4.78, 5) is 20.0. The molecule has 2 rings (SSSR count). The highest BCUT2D eigenvalue weighted by Crippen LogP contribution is 2.15. The number of unbranched alkanes of at least 4 members (excludes halogenated alkanes) is 2. The highest BCUT2D eigenvalue weighted by molar-refractivity contribution is 5.89. The second kappa shape index (κ2) is 8.73. The van der Waals surface area contributed by atoms with E-state index in [0.29, 0.717) is 11.5 Å². The number of carbonyl (C=O) groups is 1. The number of anilines is 3. The van der Waals surface area contributed by atoms with Crippen molar-refractivity contribution in [2.75, 3.05) is 24.3 Å². The Hall–Kier alpha value is -2.63. The lowest BCUT2D eigenvalue weighted by molar-refractivity contribution is 0.0601. The molecule has 0 unspecified atom stereocenters. The van der Waals surface area contributed by atoms with E-state index in [0.717, 1.165) is 24.5 Å². The van der Waals surface area contributed by atoms with Crippen molar-refractivity contribution in [3.05, 3.63) is 42.1 Å². The molecule has 0 radical (unpaired) electrons. The number of methoxy groups -OCH3 is 1. The molecule has 0 amide bonds. The van der Waals surface area contributed by atoms with Crippen LogP contribution >= 0.6 is 0 Å². The van der Waals surface area contributed by atoms with Crippen molar-refractivity contribution in [2.45, 2.75) is 26.2 Å². The van der Waals surface area contributed by atoms with Gasteiger partial charge in [0.15, 0.2) is 0 Å². The van der Waals surface area contributed by atoms with Crippen LogP contribution in [0.15, 0.2) is 36.5 Å². The number of hydrogen-bond acceptors (Lipinski definition) is 6. The molecule has 23 heavy (non-hydrogen) atoms. The minimum absolute atomic E-state index is 0.355. The number of carbonyl (C=O) groups excluding carboxylic acids is 1. The third kappa shape index (κ3) is 5.25. The first-order valence-corrected chi connectivity index (χ1v) is 7.75. The predicted molar refractivity (Wildman–Crippen MR) is 91.1 cm³/mol. The van der Waals surface area contributed by atoms with Gasteiger partial charge < -0.3 is 15.4 Å². The van der Waals surface area contributed by atoms with E-state index in [1.165, 1.54) is 20.0 Å². The van der Waals surface area contributed by atoms with Crippen molar-refractivity contribution in [3.63, 3.8) is 0 Å². The van der Waals surface area contributed by atoms with E-state index in [4.69, 9.17) is 0 Å². The fraction of sp³-hybridized carbons (Fsp3) is 0.353. The van der Waals surface area contributed by atoms with Crippen LogP contribution in [0.2, 0.25) is 0 Å². The van der Waals surface area contributed by atoms with Crippen LogP contribution in [0.1, 0.15) is 36.5 Å². The van der Waals surface area contributed by atoms with Crippen LogP contribution < -0.4 is 10.6 Å². The number of esters is 1. The number of nitrogens with one attached hydrogen (secondary N) is 2. The number of rotatable bonds is 8. The van der Waals surface area contributed by atoms with Crippen molar-refractivity contribution in [3.8, 4) is 0 Å². The van der Waals surface area contributed by atoms with Gasteiger partial charge >= 0.3 is 5.97 Å². The standard InChI is InChI=1S/C17H22N4O2/c1-3-4-5-11-18-15-10-12-19-17(21-15)20-14-8-6-13(7-9-14)16(22)23-2/h6-10,12H,3-5,11H2,1-2H3,(H2,18,19,20,21). The van der Waals surface area contributed by atoms with Gasteiger partial charge in [0.05, 0.1) is 12.7 Å². The van der Waals surface area contributed by atoms with Gasteiger partial charge in [-0.25, -0.2) is 9.78 Å². The summed E-state index contributed by atoms with van der Waals surface area (Å²) in [6.07, 6.45) is 5.23. The highest BCUT2D eigenvalue weighted by Gasteiger charge is 2.05.